The van der Waals surface area contributed by atoms with E-state index < -0.39 is 0 Å². The van der Waals surface area contributed by atoms with Crippen LogP contribution in [-0.4, -0.2) is 18.1 Å². The quantitative estimate of drug-likeness (QED) is 0.649. The molecule has 96 valence electrons. The number of esters is 1. The van der Waals surface area contributed by atoms with Crippen LogP contribution in [0.25, 0.3) is 0 Å². The van der Waals surface area contributed by atoms with Crippen molar-refractivity contribution in [2.45, 2.75) is 46.3 Å². The van der Waals surface area contributed by atoms with E-state index in [1.165, 1.54) is 9.75 Å². The maximum Gasteiger partial charge on any atom is 0.307 e. The molecule has 0 fully saturated rings. The second-order valence-electron chi connectivity index (χ2n) is 5.03. The fourth-order valence-electron chi connectivity index (χ4n) is 1.37. The third-order valence-electron chi connectivity index (χ3n) is 2.02. The minimum atomic E-state index is -0.387. The molecule has 0 unspecified atom stereocenters. The average Bonchev–Trinajstić information content (AvgIpc) is 2.56. The van der Waals surface area contributed by atoms with E-state index in [1.807, 2.05) is 20.8 Å². The summed E-state index contributed by atoms with van der Waals surface area (Å²) >= 11 is 1.78. The normalized spacial score (nSPS) is 11.5. The molecule has 0 radical (unpaired) electrons. The van der Waals surface area contributed by atoms with Gasteiger partial charge in [-0.2, -0.15) is 0 Å². The van der Waals surface area contributed by atoms with Crippen molar-refractivity contribution in [1.29, 1.82) is 0 Å². The topological polar surface area (TPSA) is 38.3 Å². The maximum atomic E-state index is 11.4. The molecule has 1 aromatic heterocycles. The van der Waals surface area contributed by atoms with Crippen LogP contribution < -0.4 is 5.32 Å². The van der Waals surface area contributed by atoms with Crippen molar-refractivity contribution in [3.05, 3.63) is 21.9 Å². The summed E-state index contributed by atoms with van der Waals surface area (Å²) < 4.78 is 5.22. The summed E-state index contributed by atoms with van der Waals surface area (Å²) in [6, 6.07) is 4.22. The minimum absolute atomic E-state index is 0.146. The number of ether oxygens (including phenoxy) is 1. The van der Waals surface area contributed by atoms with Crippen LogP contribution >= 0.6 is 11.3 Å². The highest BCUT2D eigenvalue weighted by molar-refractivity contribution is 7.11. The molecule has 1 rings (SSSR count). The molecule has 17 heavy (non-hydrogen) atoms. The first-order chi connectivity index (χ1) is 7.87. The number of rotatable bonds is 5. The Balaban J connectivity index is 2.14. The van der Waals surface area contributed by atoms with Gasteiger partial charge in [-0.15, -0.1) is 11.3 Å². The summed E-state index contributed by atoms with van der Waals surface area (Å²) in [5.41, 5.74) is -0.387. The first-order valence-corrected chi connectivity index (χ1v) is 6.66. The van der Waals surface area contributed by atoms with E-state index in [-0.39, 0.29) is 11.6 Å². The maximum absolute atomic E-state index is 11.4. The highest BCUT2D eigenvalue weighted by Gasteiger charge is 2.15. The number of nitrogens with one attached hydrogen (secondary N) is 1. The van der Waals surface area contributed by atoms with Gasteiger partial charge in [0.2, 0.25) is 0 Å². The number of carbonyl (C=O) groups excluding carboxylic acids is 1. The lowest BCUT2D eigenvalue weighted by molar-refractivity contribution is -0.154. The number of hydrogen-bond acceptors (Lipinski definition) is 4. The molecule has 3 nitrogen and oxygen atoms in total. The lowest BCUT2D eigenvalue weighted by atomic mass is 10.2. The van der Waals surface area contributed by atoms with E-state index in [1.54, 1.807) is 11.3 Å². The Morgan fingerprint density at radius 3 is 2.65 bits per heavy atom. The lowest BCUT2D eigenvalue weighted by Crippen LogP contribution is -2.26. The summed E-state index contributed by atoms with van der Waals surface area (Å²) in [7, 11) is 0. The standard InChI is InChI=1S/C13H21NO2S/c1-10-5-6-11(17-10)9-14-8-7-12(15)16-13(2,3)4/h5-6,14H,7-9H2,1-4H3. The van der Waals surface area contributed by atoms with Gasteiger partial charge in [0.15, 0.2) is 0 Å². The second kappa shape index (κ2) is 6.17. The van der Waals surface area contributed by atoms with Crippen molar-refractivity contribution in [2.75, 3.05) is 6.54 Å². The number of hydrogen-bond donors (Lipinski definition) is 1. The van der Waals surface area contributed by atoms with Gasteiger partial charge in [-0.3, -0.25) is 4.79 Å². The highest BCUT2D eigenvalue weighted by Crippen LogP contribution is 2.14. The zero-order valence-corrected chi connectivity index (χ0v) is 11.8. The van der Waals surface area contributed by atoms with E-state index in [2.05, 4.69) is 24.4 Å². The molecule has 0 saturated carbocycles. The fourth-order valence-corrected chi connectivity index (χ4v) is 2.23. The van der Waals surface area contributed by atoms with Gasteiger partial charge in [-0.25, -0.2) is 0 Å². The van der Waals surface area contributed by atoms with Crippen molar-refractivity contribution >= 4 is 17.3 Å². The Kier molecular flexibility index (Phi) is 5.15. The molecule has 0 bridgehead atoms. The molecule has 0 atom stereocenters. The Labute approximate surface area is 107 Å². The summed E-state index contributed by atoms with van der Waals surface area (Å²) in [5.74, 6) is -0.146. The SMILES string of the molecule is Cc1ccc(CNCCC(=O)OC(C)(C)C)s1. The Hall–Kier alpha value is -0.870. The van der Waals surface area contributed by atoms with Crippen molar-refractivity contribution in [2.24, 2.45) is 0 Å². The third kappa shape index (κ3) is 6.44. The van der Waals surface area contributed by atoms with Gasteiger partial charge in [0, 0.05) is 22.8 Å². The zero-order valence-electron chi connectivity index (χ0n) is 11.0. The molecule has 0 amide bonds. The number of thiophene rings is 1. The molecule has 4 heteroatoms. The van der Waals surface area contributed by atoms with Gasteiger partial charge in [0.25, 0.3) is 0 Å². The molecule has 1 aromatic rings. The summed E-state index contributed by atoms with van der Waals surface area (Å²) in [4.78, 5) is 14.0. The second-order valence-corrected chi connectivity index (χ2v) is 6.40. The Morgan fingerprint density at radius 1 is 1.41 bits per heavy atom. The van der Waals surface area contributed by atoms with E-state index >= 15 is 0 Å². The van der Waals surface area contributed by atoms with Gasteiger partial charge in [-0.1, -0.05) is 0 Å². The molecule has 0 aliphatic heterocycles. The first kappa shape index (κ1) is 14.2. The zero-order chi connectivity index (χ0) is 12.9. The Morgan fingerprint density at radius 2 is 2.12 bits per heavy atom. The fraction of sp³-hybridized carbons (Fsp3) is 0.615. The van der Waals surface area contributed by atoms with Crippen LogP contribution in [0.2, 0.25) is 0 Å². The molecular formula is C13H21NO2S. The highest BCUT2D eigenvalue weighted by atomic mass is 32.1. The molecule has 0 aromatic carbocycles. The van der Waals surface area contributed by atoms with Gasteiger partial charge in [0.05, 0.1) is 6.42 Å². The molecular weight excluding hydrogens is 234 g/mol. The van der Waals surface area contributed by atoms with Gasteiger partial charge in [-0.05, 0) is 39.8 Å². The summed E-state index contributed by atoms with van der Waals surface area (Å²) in [6.45, 7) is 9.22. The van der Waals surface area contributed by atoms with E-state index in [9.17, 15) is 4.79 Å². The number of carbonyl (C=O) groups is 1. The minimum Gasteiger partial charge on any atom is -0.460 e. The van der Waals surface area contributed by atoms with E-state index in [0.29, 0.717) is 13.0 Å². The van der Waals surface area contributed by atoms with Crippen molar-refractivity contribution in [3.63, 3.8) is 0 Å². The molecule has 0 spiro atoms. The molecule has 0 aliphatic rings. The number of aryl methyl sites for hydroxylation is 1. The van der Waals surface area contributed by atoms with E-state index in [0.717, 1.165) is 6.54 Å². The van der Waals surface area contributed by atoms with Gasteiger partial charge < -0.3 is 10.1 Å². The predicted molar refractivity (Wildman–Crippen MR) is 71.2 cm³/mol. The first-order valence-electron chi connectivity index (χ1n) is 5.85. The van der Waals surface area contributed by atoms with Gasteiger partial charge in [0.1, 0.15) is 5.60 Å². The smallest absolute Gasteiger partial charge is 0.307 e. The lowest BCUT2D eigenvalue weighted by Gasteiger charge is -2.19. The van der Waals surface area contributed by atoms with Crippen LogP contribution in [0.5, 0.6) is 0 Å². The Bertz CT molecular complexity index is 366. The van der Waals surface area contributed by atoms with E-state index in [4.69, 9.17) is 4.74 Å². The average molecular weight is 255 g/mol. The largest absolute Gasteiger partial charge is 0.460 e. The third-order valence-corrected chi connectivity index (χ3v) is 3.02. The van der Waals surface area contributed by atoms with Crippen LogP contribution in [0.1, 0.15) is 36.9 Å². The van der Waals surface area contributed by atoms with Crippen molar-refractivity contribution < 1.29 is 9.53 Å². The van der Waals surface area contributed by atoms with Crippen molar-refractivity contribution in [1.82, 2.24) is 5.32 Å². The van der Waals surface area contributed by atoms with Gasteiger partial charge >= 0.3 is 5.97 Å². The van der Waals surface area contributed by atoms with Crippen LogP contribution in [0, 0.1) is 6.92 Å². The van der Waals surface area contributed by atoms with Crippen LogP contribution in [-0.2, 0) is 16.1 Å². The van der Waals surface area contributed by atoms with Crippen LogP contribution in [0.3, 0.4) is 0 Å². The monoisotopic (exact) mass is 255 g/mol. The predicted octanol–water partition coefficient (Wildman–Crippen LogP) is 2.88. The summed E-state index contributed by atoms with van der Waals surface area (Å²) in [6.07, 6.45) is 0.418. The molecule has 0 aliphatic carbocycles. The molecule has 0 saturated heterocycles. The molecule has 1 N–H and O–H groups in total. The van der Waals surface area contributed by atoms with Crippen LogP contribution in [0.15, 0.2) is 12.1 Å². The van der Waals surface area contributed by atoms with Crippen LogP contribution in [0.4, 0.5) is 0 Å². The van der Waals surface area contributed by atoms with Crippen molar-refractivity contribution in [3.8, 4) is 0 Å². The summed E-state index contributed by atoms with van der Waals surface area (Å²) in [5, 5.41) is 3.24. The molecule has 1 heterocycles.